The van der Waals surface area contributed by atoms with Gasteiger partial charge in [-0.25, -0.2) is 4.98 Å². The Morgan fingerprint density at radius 3 is 2.89 bits per heavy atom. The summed E-state index contributed by atoms with van der Waals surface area (Å²) in [5.41, 5.74) is 1.03. The number of rotatable bonds is 5. The van der Waals surface area contributed by atoms with Crippen molar-refractivity contribution in [2.75, 3.05) is 24.5 Å². The van der Waals surface area contributed by atoms with Crippen LogP contribution in [0.5, 0.6) is 0 Å². The third-order valence-electron chi connectivity index (χ3n) is 3.77. The minimum absolute atomic E-state index is 0.818. The van der Waals surface area contributed by atoms with E-state index in [1.807, 2.05) is 12.4 Å². The molecule has 0 spiro atoms. The van der Waals surface area contributed by atoms with Crippen molar-refractivity contribution in [1.82, 2.24) is 15.3 Å². The van der Waals surface area contributed by atoms with Gasteiger partial charge in [0.1, 0.15) is 5.82 Å². The van der Waals surface area contributed by atoms with Crippen molar-refractivity contribution in [3.05, 3.63) is 18.1 Å². The number of anilines is 1. The first kappa shape index (κ1) is 14.3. The van der Waals surface area contributed by atoms with Crippen LogP contribution in [0.1, 0.15) is 45.2 Å². The average Bonchev–Trinajstić information content (AvgIpc) is 2.65. The van der Waals surface area contributed by atoms with Gasteiger partial charge in [0.2, 0.25) is 0 Å². The predicted octanol–water partition coefficient (Wildman–Crippen LogP) is 2.60. The number of hydrogen-bond donors (Lipinski definition) is 1. The molecule has 1 N–H and O–H groups in total. The van der Waals surface area contributed by atoms with E-state index in [9.17, 15) is 0 Å². The molecule has 0 amide bonds. The number of aromatic nitrogens is 2. The first-order valence-electron chi connectivity index (χ1n) is 7.56. The molecule has 1 unspecified atom stereocenters. The van der Waals surface area contributed by atoms with E-state index in [0.29, 0.717) is 0 Å². The molecule has 4 nitrogen and oxygen atoms in total. The maximum absolute atomic E-state index is 4.57. The van der Waals surface area contributed by atoms with Gasteiger partial charge in [-0.3, -0.25) is 4.98 Å². The first-order valence-corrected chi connectivity index (χ1v) is 7.56. The highest BCUT2D eigenvalue weighted by atomic mass is 15.2. The summed E-state index contributed by atoms with van der Waals surface area (Å²) >= 11 is 0. The molecule has 4 heteroatoms. The largest absolute Gasteiger partial charge is 0.355 e. The number of hydrogen-bond acceptors (Lipinski definition) is 4. The van der Waals surface area contributed by atoms with Gasteiger partial charge in [0.25, 0.3) is 0 Å². The molecule has 1 aromatic rings. The lowest BCUT2D eigenvalue weighted by atomic mass is 10.0. The smallest absolute Gasteiger partial charge is 0.147 e. The molecule has 0 aromatic carbocycles. The second-order valence-corrected chi connectivity index (χ2v) is 5.57. The van der Waals surface area contributed by atoms with Crippen LogP contribution in [0.4, 0.5) is 5.82 Å². The number of nitrogens with one attached hydrogen (secondary N) is 1. The summed E-state index contributed by atoms with van der Waals surface area (Å²) in [6, 6.07) is 0. The summed E-state index contributed by atoms with van der Waals surface area (Å²) in [5.74, 6) is 1.88. The van der Waals surface area contributed by atoms with Crippen LogP contribution in [0.2, 0.25) is 0 Å². The Bertz CT molecular complexity index is 363. The van der Waals surface area contributed by atoms with E-state index in [4.69, 9.17) is 0 Å². The van der Waals surface area contributed by atoms with E-state index in [2.05, 4.69) is 34.0 Å². The SMILES string of the molecule is CCCNCc1cnc(N2CCCC(C)CC2)cn1. The zero-order valence-electron chi connectivity index (χ0n) is 12.2. The van der Waals surface area contributed by atoms with Gasteiger partial charge in [-0.05, 0) is 38.1 Å². The molecule has 1 aliphatic rings. The van der Waals surface area contributed by atoms with Gasteiger partial charge in [-0.2, -0.15) is 0 Å². The van der Waals surface area contributed by atoms with E-state index >= 15 is 0 Å². The third-order valence-corrected chi connectivity index (χ3v) is 3.77. The fraction of sp³-hybridized carbons (Fsp3) is 0.733. The van der Waals surface area contributed by atoms with Gasteiger partial charge < -0.3 is 10.2 Å². The maximum Gasteiger partial charge on any atom is 0.147 e. The van der Waals surface area contributed by atoms with Gasteiger partial charge in [0.05, 0.1) is 18.1 Å². The zero-order valence-corrected chi connectivity index (χ0v) is 12.2. The normalized spacial score (nSPS) is 20.3. The Labute approximate surface area is 116 Å². The highest BCUT2D eigenvalue weighted by molar-refractivity contribution is 5.35. The Morgan fingerprint density at radius 2 is 2.16 bits per heavy atom. The molecule has 0 bridgehead atoms. The Morgan fingerprint density at radius 1 is 1.26 bits per heavy atom. The van der Waals surface area contributed by atoms with Crippen LogP contribution in [-0.4, -0.2) is 29.6 Å². The van der Waals surface area contributed by atoms with Crippen molar-refractivity contribution in [2.24, 2.45) is 5.92 Å². The van der Waals surface area contributed by atoms with Crippen molar-refractivity contribution in [3.8, 4) is 0 Å². The standard InChI is InChI=1S/C15H26N4/c1-3-7-16-10-14-11-18-15(12-17-14)19-8-4-5-13(2)6-9-19/h11-13,16H,3-10H2,1-2H3. The minimum Gasteiger partial charge on any atom is -0.355 e. The van der Waals surface area contributed by atoms with Crippen molar-refractivity contribution in [1.29, 1.82) is 0 Å². The molecule has 2 heterocycles. The van der Waals surface area contributed by atoms with Gasteiger partial charge in [-0.15, -0.1) is 0 Å². The molecular weight excluding hydrogens is 236 g/mol. The Kier molecular flexibility index (Phi) is 5.58. The molecule has 2 rings (SSSR count). The van der Waals surface area contributed by atoms with Gasteiger partial charge in [0.15, 0.2) is 0 Å². The van der Waals surface area contributed by atoms with E-state index in [1.54, 1.807) is 0 Å². The van der Waals surface area contributed by atoms with Gasteiger partial charge in [-0.1, -0.05) is 13.8 Å². The van der Waals surface area contributed by atoms with Crippen molar-refractivity contribution in [2.45, 2.75) is 46.1 Å². The van der Waals surface area contributed by atoms with Gasteiger partial charge in [0, 0.05) is 19.6 Å². The molecular formula is C15H26N4. The fourth-order valence-corrected chi connectivity index (χ4v) is 2.49. The van der Waals surface area contributed by atoms with Crippen LogP contribution in [0.15, 0.2) is 12.4 Å². The molecule has 1 fully saturated rings. The Hall–Kier alpha value is -1.16. The monoisotopic (exact) mass is 262 g/mol. The van der Waals surface area contributed by atoms with E-state index in [1.165, 1.54) is 19.3 Å². The van der Waals surface area contributed by atoms with Crippen molar-refractivity contribution >= 4 is 5.82 Å². The van der Waals surface area contributed by atoms with Crippen LogP contribution in [0, 0.1) is 5.92 Å². The summed E-state index contributed by atoms with van der Waals surface area (Å²) in [6.45, 7) is 8.60. The third kappa shape index (κ3) is 4.46. The van der Waals surface area contributed by atoms with E-state index in [-0.39, 0.29) is 0 Å². The second-order valence-electron chi connectivity index (χ2n) is 5.57. The summed E-state index contributed by atoms with van der Waals surface area (Å²) in [7, 11) is 0. The first-order chi connectivity index (χ1) is 9.29. The van der Waals surface area contributed by atoms with Crippen molar-refractivity contribution < 1.29 is 0 Å². The van der Waals surface area contributed by atoms with E-state index < -0.39 is 0 Å². The lowest BCUT2D eigenvalue weighted by molar-refractivity contribution is 0.521. The molecule has 1 aromatic heterocycles. The average molecular weight is 262 g/mol. The highest BCUT2D eigenvalue weighted by Gasteiger charge is 2.15. The predicted molar refractivity (Wildman–Crippen MR) is 79.3 cm³/mol. The highest BCUT2D eigenvalue weighted by Crippen LogP contribution is 2.20. The molecule has 0 radical (unpaired) electrons. The summed E-state index contributed by atoms with van der Waals surface area (Å²) in [5, 5.41) is 3.35. The van der Waals surface area contributed by atoms with Crippen LogP contribution in [0.3, 0.4) is 0 Å². The summed E-state index contributed by atoms with van der Waals surface area (Å²) in [4.78, 5) is 11.5. The van der Waals surface area contributed by atoms with Crippen molar-refractivity contribution in [3.63, 3.8) is 0 Å². The number of nitrogens with zero attached hydrogens (tertiary/aromatic N) is 3. The molecule has 1 atom stereocenters. The quantitative estimate of drug-likeness (QED) is 0.828. The van der Waals surface area contributed by atoms with Gasteiger partial charge >= 0.3 is 0 Å². The molecule has 0 aliphatic carbocycles. The molecule has 106 valence electrons. The summed E-state index contributed by atoms with van der Waals surface area (Å²) in [6.07, 6.45) is 8.86. The van der Waals surface area contributed by atoms with Crippen LogP contribution >= 0.6 is 0 Å². The Balaban J connectivity index is 1.90. The maximum atomic E-state index is 4.57. The lowest BCUT2D eigenvalue weighted by Crippen LogP contribution is -2.25. The second kappa shape index (κ2) is 7.43. The topological polar surface area (TPSA) is 41.1 Å². The molecule has 1 aliphatic heterocycles. The lowest BCUT2D eigenvalue weighted by Gasteiger charge is -2.21. The van der Waals surface area contributed by atoms with Crippen LogP contribution < -0.4 is 10.2 Å². The van der Waals surface area contributed by atoms with Crippen LogP contribution in [0.25, 0.3) is 0 Å². The summed E-state index contributed by atoms with van der Waals surface area (Å²) < 4.78 is 0. The zero-order chi connectivity index (χ0) is 13.5. The fourth-order valence-electron chi connectivity index (χ4n) is 2.49. The minimum atomic E-state index is 0.818. The van der Waals surface area contributed by atoms with E-state index in [0.717, 1.165) is 50.0 Å². The molecule has 19 heavy (non-hydrogen) atoms. The molecule has 1 saturated heterocycles. The molecule has 0 saturated carbocycles. The van der Waals surface area contributed by atoms with Crippen LogP contribution in [-0.2, 0) is 6.54 Å².